The van der Waals surface area contributed by atoms with Crippen LogP contribution in [0.25, 0.3) is 16.9 Å². The summed E-state index contributed by atoms with van der Waals surface area (Å²) in [5.74, 6) is 0.431. The number of hydrogen-bond acceptors (Lipinski definition) is 6. The second kappa shape index (κ2) is 10.3. The van der Waals surface area contributed by atoms with Crippen molar-refractivity contribution in [2.45, 2.75) is 20.0 Å². The van der Waals surface area contributed by atoms with Crippen LogP contribution in [0.1, 0.15) is 17.0 Å². The first-order valence-electron chi connectivity index (χ1n) is 9.25. The molecule has 0 fully saturated rings. The number of carbonyl (C=O) groups is 1. The van der Waals surface area contributed by atoms with Crippen molar-refractivity contribution in [2.75, 3.05) is 7.11 Å². The van der Waals surface area contributed by atoms with Gasteiger partial charge in [0.1, 0.15) is 5.82 Å². The van der Waals surface area contributed by atoms with E-state index in [2.05, 4.69) is 20.1 Å². The number of halogens is 3. The summed E-state index contributed by atoms with van der Waals surface area (Å²) in [6, 6.07) is 8.67. The summed E-state index contributed by atoms with van der Waals surface area (Å²) in [4.78, 5) is 14.1. The van der Waals surface area contributed by atoms with Crippen molar-refractivity contribution >= 4 is 12.1 Å². The van der Waals surface area contributed by atoms with E-state index in [4.69, 9.17) is 11.5 Å². The molecule has 3 aromatic rings. The standard InChI is InChI=1S/C15H12F3N3.C6H11N3O2/c1-9-10(2)21-14(19-9)8-7-13(20-21)11-5-3-4-6-12(11)15(16,17)18;1-11-6(8)3-2-5(7)9-4-10/h3-8H,1-2H3;2-4H,7-8H2,1H3,(H,9,10)/b;5-2+,6-3+. The van der Waals surface area contributed by atoms with Crippen molar-refractivity contribution in [3.63, 3.8) is 0 Å². The summed E-state index contributed by atoms with van der Waals surface area (Å²) >= 11 is 0. The van der Waals surface area contributed by atoms with Crippen LogP contribution in [-0.2, 0) is 15.7 Å². The zero-order chi connectivity index (χ0) is 23.9. The molecular weight excluding hydrogens is 425 g/mol. The lowest BCUT2D eigenvalue weighted by Crippen LogP contribution is -2.17. The van der Waals surface area contributed by atoms with E-state index < -0.39 is 11.7 Å². The number of hydrogen-bond donors (Lipinski definition) is 3. The van der Waals surface area contributed by atoms with Gasteiger partial charge >= 0.3 is 6.18 Å². The number of imidazole rings is 1. The van der Waals surface area contributed by atoms with Crippen LogP contribution < -0.4 is 16.8 Å². The zero-order valence-corrected chi connectivity index (χ0v) is 17.6. The van der Waals surface area contributed by atoms with Crippen molar-refractivity contribution in [3.05, 3.63) is 77.2 Å². The lowest BCUT2D eigenvalue weighted by molar-refractivity contribution is -0.137. The molecule has 0 saturated heterocycles. The van der Waals surface area contributed by atoms with Gasteiger partial charge in [0, 0.05) is 11.6 Å². The van der Waals surface area contributed by atoms with Crippen LogP contribution >= 0.6 is 0 Å². The number of nitrogens with one attached hydrogen (secondary N) is 1. The van der Waals surface area contributed by atoms with E-state index in [0.717, 1.165) is 17.5 Å². The fraction of sp³-hybridized carbons (Fsp3) is 0.190. The fourth-order valence-corrected chi connectivity index (χ4v) is 2.61. The van der Waals surface area contributed by atoms with E-state index in [1.807, 2.05) is 13.8 Å². The van der Waals surface area contributed by atoms with Gasteiger partial charge < -0.3 is 21.5 Å². The number of carbonyl (C=O) groups excluding carboxylic acids is 1. The van der Waals surface area contributed by atoms with Crippen LogP contribution in [0.4, 0.5) is 13.2 Å². The SMILES string of the molecule is CO/C(N)=C/C=C(\N)NC=O.Cc1nc2ccc(-c3ccccc3C(F)(F)F)nn2c1C. The maximum atomic E-state index is 13.1. The summed E-state index contributed by atoms with van der Waals surface area (Å²) < 4.78 is 45.4. The summed E-state index contributed by atoms with van der Waals surface area (Å²) in [6.07, 6.45) is -1.07. The second-order valence-corrected chi connectivity index (χ2v) is 6.47. The highest BCUT2D eigenvalue weighted by atomic mass is 19.4. The molecule has 0 spiro atoms. The number of methoxy groups -OCH3 is 1. The molecule has 32 heavy (non-hydrogen) atoms. The number of allylic oxidation sites excluding steroid dienone is 2. The minimum absolute atomic E-state index is 0.0673. The van der Waals surface area contributed by atoms with Crippen molar-refractivity contribution in [1.82, 2.24) is 19.9 Å². The number of amides is 1. The minimum Gasteiger partial charge on any atom is -0.483 e. The molecule has 11 heteroatoms. The third-order valence-corrected chi connectivity index (χ3v) is 4.34. The maximum absolute atomic E-state index is 13.1. The quantitative estimate of drug-likeness (QED) is 0.314. The molecule has 2 aromatic heterocycles. The van der Waals surface area contributed by atoms with Gasteiger partial charge in [0.25, 0.3) is 0 Å². The Morgan fingerprint density at radius 2 is 1.81 bits per heavy atom. The predicted molar refractivity (Wildman–Crippen MR) is 114 cm³/mol. The molecule has 8 nitrogen and oxygen atoms in total. The van der Waals surface area contributed by atoms with Gasteiger partial charge in [-0.15, -0.1) is 0 Å². The first kappa shape index (κ1) is 24.3. The van der Waals surface area contributed by atoms with Crippen LogP contribution in [0.5, 0.6) is 0 Å². The molecule has 0 aliphatic rings. The summed E-state index contributed by atoms with van der Waals surface area (Å²) in [5.41, 5.74) is 12.4. The van der Waals surface area contributed by atoms with Crippen LogP contribution in [0.3, 0.4) is 0 Å². The first-order chi connectivity index (χ1) is 15.1. The zero-order valence-electron chi connectivity index (χ0n) is 17.6. The van der Waals surface area contributed by atoms with Crippen molar-refractivity contribution in [1.29, 1.82) is 0 Å². The third kappa shape index (κ3) is 6.00. The van der Waals surface area contributed by atoms with Crippen LogP contribution in [0.15, 0.2) is 60.3 Å². The third-order valence-electron chi connectivity index (χ3n) is 4.34. The van der Waals surface area contributed by atoms with E-state index in [-0.39, 0.29) is 23.0 Å². The molecular formula is C21H23F3N6O2. The Labute approximate surface area is 182 Å². The Morgan fingerprint density at radius 3 is 2.44 bits per heavy atom. The number of fused-ring (bicyclic) bond motifs is 1. The molecule has 2 heterocycles. The number of nitrogens with zero attached hydrogens (tertiary/aromatic N) is 3. The molecule has 3 rings (SSSR count). The van der Waals surface area contributed by atoms with Crippen molar-refractivity contribution < 1.29 is 22.7 Å². The molecule has 1 amide bonds. The minimum atomic E-state index is -4.41. The van der Waals surface area contributed by atoms with Crippen LogP contribution in [-0.4, -0.2) is 28.1 Å². The molecule has 0 radical (unpaired) electrons. The predicted octanol–water partition coefficient (Wildman–Crippen LogP) is 3.01. The Kier molecular flexibility index (Phi) is 7.83. The average molecular weight is 448 g/mol. The number of benzene rings is 1. The van der Waals surface area contributed by atoms with Crippen molar-refractivity contribution in [2.24, 2.45) is 11.5 Å². The van der Waals surface area contributed by atoms with Crippen LogP contribution in [0, 0.1) is 13.8 Å². The number of alkyl halides is 3. The maximum Gasteiger partial charge on any atom is 0.417 e. The highest BCUT2D eigenvalue weighted by molar-refractivity contribution is 5.65. The smallest absolute Gasteiger partial charge is 0.417 e. The van der Waals surface area contributed by atoms with E-state index >= 15 is 0 Å². The molecule has 0 bridgehead atoms. The number of aromatic nitrogens is 3. The molecule has 0 aliphatic carbocycles. The monoisotopic (exact) mass is 448 g/mol. The first-order valence-corrected chi connectivity index (χ1v) is 9.25. The van der Waals surface area contributed by atoms with Gasteiger partial charge in [-0.25, -0.2) is 9.50 Å². The Balaban J connectivity index is 0.000000282. The second-order valence-electron chi connectivity index (χ2n) is 6.47. The van der Waals surface area contributed by atoms with Gasteiger partial charge in [-0.1, -0.05) is 18.2 Å². The number of nitrogens with two attached hydrogens (primary N) is 2. The molecule has 5 N–H and O–H groups in total. The van der Waals surface area contributed by atoms with Gasteiger partial charge in [0.2, 0.25) is 6.41 Å². The van der Waals surface area contributed by atoms with Crippen molar-refractivity contribution in [3.8, 4) is 11.3 Å². The van der Waals surface area contributed by atoms with E-state index in [0.29, 0.717) is 12.1 Å². The Morgan fingerprint density at radius 1 is 1.12 bits per heavy atom. The summed E-state index contributed by atoms with van der Waals surface area (Å²) in [7, 11) is 1.43. The number of ether oxygens (including phenoxy) is 1. The number of aryl methyl sites for hydroxylation is 2. The molecule has 170 valence electrons. The Bertz CT molecular complexity index is 1150. The largest absolute Gasteiger partial charge is 0.483 e. The lowest BCUT2D eigenvalue weighted by atomic mass is 10.0. The summed E-state index contributed by atoms with van der Waals surface area (Å²) in [5, 5.41) is 6.52. The van der Waals surface area contributed by atoms with E-state index in [1.165, 1.54) is 31.4 Å². The molecule has 0 aliphatic heterocycles. The highest BCUT2D eigenvalue weighted by Gasteiger charge is 2.33. The van der Waals surface area contributed by atoms with Crippen LogP contribution in [0.2, 0.25) is 0 Å². The molecule has 0 atom stereocenters. The van der Waals surface area contributed by atoms with E-state index in [1.54, 1.807) is 22.7 Å². The van der Waals surface area contributed by atoms with E-state index in [9.17, 15) is 18.0 Å². The normalized spacial score (nSPS) is 12.2. The van der Waals surface area contributed by atoms with Gasteiger partial charge in [-0.3, -0.25) is 4.79 Å². The van der Waals surface area contributed by atoms with Gasteiger partial charge in [0.05, 0.1) is 29.8 Å². The molecule has 0 saturated carbocycles. The molecule has 0 unspecified atom stereocenters. The summed E-state index contributed by atoms with van der Waals surface area (Å²) in [6.45, 7) is 3.68. The number of rotatable bonds is 5. The van der Waals surface area contributed by atoms with Gasteiger partial charge in [-0.2, -0.15) is 18.3 Å². The van der Waals surface area contributed by atoms with Gasteiger partial charge in [0.15, 0.2) is 11.5 Å². The fourth-order valence-electron chi connectivity index (χ4n) is 2.61. The highest BCUT2D eigenvalue weighted by Crippen LogP contribution is 2.36. The average Bonchev–Trinajstić information content (AvgIpc) is 3.05. The lowest BCUT2D eigenvalue weighted by Gasteiger charge is -2.12. The Hall–Kier alpha value is -4.02. The topological polar surface area (TPSA) is 121 Å². The molecule has 1 aromatic carbocycles. The van der Waals surface area contributed by atoms with Gasteiger partial charge in [-0.05, 0) is 38.1 Å².